The molecule has 122 valence electrons. The van der Waals surface area contributed by atoms with Gasteiger partial charge in [0.15, 0.2) is 0 Å². The maximum atomic E-state index is 13.6. The molecule has 0 bridgehead atoms. The van der Waals surface area contributed by atoms with Gasteiger partial charge in [-0.2, -0.15) is 0 Å². The number of aryl methyl sites for hydroxylation is 2. The third-order valence-electron chi connectivity index (χ3n) is 3.94. The largest absolute Gasteiger partial charge is 0.241 e. The molecule has 0 aliphatic carbocycles. The zero-order chi connectivity index (χ0) is 16.6. The quantitative estimate of drug-likeness (QED) is 0.910. The zero-order valence-corrected chi connectivity index (χ0v) is 14.6. The van der Waals surface area contributed by atoms with Crippen LogP contribution in [-0.2, 0) is 10.0 Å². The van der Waals surface area contributed by atoms with E-state index in [-0.39, 0.29) is 10.7 Å². The van der Waals surface area contributed by atoms with Gasteiger partial charge in [0.05, 0.1) is 4.90 Å². The first-order valence-corrected chi connectivity index (χ1v) is 9.85. The van der Waals surface area contributed by atoms with Crippen LogP contribution in [0.2, 0.25) is 0 Å². The Bertz CT molecular complexity index is 850. The van der Waals surface area contributed by atoms with Gasteiger partial charge in [-0.25, -0.2) is 17.5 Å². The summed E-state index contributed by atoms with van der Waals surface area (Å²) in [5, 5.41) is 0. The molecular formula is C17H18FNO2S2. The summed E-state index contributed by atoms with van der Waals surface area (Å²) in [6.45, 7) is 3.64. The maximum Gasteiger partial charge on any atom is 0.241 e. The molecule has 0 radical (unpaired) electrons. The number of rotatable bonds is 3. The molecule has 1 heterocycles. The van der Waals surface area contributed by atoms with E-state index in [2.05, 4.69) is 4.72 Å². The molecule has 0 spiro atoms. The van der Waals surface area contributed by atoms with Gasteiger partial charge in [-0.1, -0.05) is 12.1 Å². The Morgan fingerprint density at radius 2 is 1.96 bits per heavy atom. The van der Waals surface area contributed by atoms with Gasteiger partial charge in [0.25, 0.3) is 0 Å². The van der Waals surface area contributed by atoms with Crippen molar-refractivity contribution in [3.63, 3.8) is 0 Å². The van der Waals surface area contributed by atoms with E-state index in [9.17, 15) is 12.8 Å². The van der Waals surface area contributed by atoms with Crippen molar-refractivity contribution in [3.8, 4) is 0 Å². The Morgan fingerprint density at radius 1 is 1.17 bits per heavy atom. The molecule has 1 N–H and O–H groups in total. The van der Waals surface area contributed by atoms with Crippen molar-refractivity contribution in [3.05, 3.63) is 58.9 Å². The summed E-state index contributed by atoms with van der Waals surface area (Å²) in [6, 6.07) is 9.51. The average Bonchev–Trinajstić information content (AvgIpc) is 2.50. The zero-order valence-electron chi connectivity index (χ0n) is 13.0. The maximum absolute atomic E-state index is 13.6. The first kappa shape index (κ1) is 16.5. The summed E-state index contributed by atoms with van der Waals surface area (Å²) in [5.41, 5.74) is 2.31. The van der Waals surface area contributed by atoms with E-state index in [0.29, 0.717) is 12.0 Å². The van der Waals surface area contributed by atoms with Crippen LogP contribution >= 0.6 is 11.8 Å². The second-order valence-corrected chi connectivity index (χ2v) is 8.58. The average molecular weight is 351 g/mol. The molecule has 0 saturated heterocycles. The number of halogens is 1. The van der Waals surface area contributed by atoms with E-state index < -0.39 is 16.1 Å². The Kier molecular flexibility index (Phi) is 4.49. The van der Waals surface area contributed by atoms with Crippen LogP contribution in [-0.4, -0.2) is 14.2 Å². The van der Waals surface area contributed by atoms with Crippen molar-refractivity contribution >= 4 is 21.8 Å². The van der Waals surface area contributed by atoms with Gasteiger partial charge in [0, 0.05) is 10.9 Å². The monoisotopic (exact) mass is 351 g/mol. The van der Waals surface area contributed by atoms with Gasteiger partial charge < -0.3 is 0 Å². The molecule has 2 aromatic carbocycles. The summed E-state index contributed by atoms with van der Waals surface area (Å²) >= 11 is 1.63. The van der Waals surface area contributed by atoms with E-state index in [1.54, 1.807) is 36.9 Å². The van der Waals surface area contributed by atoms with E-state index in [0.717, 1.165) is 21.8 Å². The summed E-state index contributed by atoms with van der Waals surface area (Å²) in [6.07, 6.45) is 0.644. The summed E-state index contributed by atoms with van der Waals surface area (Å²) < 4.78 is 41.8. The van der Waals surface area contributed by atoms with Crippen LogP contribution in [0.5, 0.6) is 0 Å². The lowest BCUT2D eigenvalue weighted by atomic mass is 10.0. The normalized spacial score (nSPS) is 17.8. The number of thioether (sulfide) groups is 1. The first-order chi connectivity index (χ1) is 10.9. The van der Waals surface area contributed by atoms with Crippen molar-refractivity contribution in [1.29, 1.82) is 0 Å². The number of sulfonamides is 1. The molecular weight excluding hydrogens is 333 g/mol. The van der Waals surface area contributed by atoms with E-state index in [4.69, 9.17) is 0 Å². The van der Waals surface area contributed by atoms with Crippen LogP contribution in [0, 0.1) is 19.7 Å². The fraction of sp³-hybridized carbons (Fsp3) is 0.294. The number of hydrogen-bond acceptors (Lipinski definition) is 3. The predicted octanol–water partition coefficient (Wildman–Crippen LogP) is 3.96. The number of hydrogen-bond donors (Lipinski definition) is 1. The highest BCUT2D eigenvalue weighted by molar-refractivity contribution is 7.99. The van der Waals surface area contributed by atoms with E-state index >= 15 is 0 Å². The molecule has 0 unspecified atom stereocenters. The molecule has 3 nitrogen and oxygen atoms in total. The van der Waals surface area contributed by atoms with Gasteiger partial charge in [0.2, 0.25) is 10.0 Å². The molecule has 23 heavy (non-hydrogen) atoms. The highest BCUT2D eigenvalue weighted by Gasteiger charge is 2.27. The van der Waals surface area contributed by atoms with Gasteiger partial charge in [-0.15, -0.1) is 11.8 Å². The minimum absolute atomic E-state index is 0.286. The van der Waals surface area contributed by atoms with Gasteiger partial charge >= 0.3 is 0 Å². The second kappa shape index (κ2) is 6.26. The predicted molar refractivity (Wildman–Crippen MR) is 90.7 cm³/mol. The van der Waals surface area contributed by atoms with Crippen LogP contribution in [0.1, 0.15) is 29.2 Å². The SMILES string of the molecule is Cc1ccc(C)c(S(=O)(=O)N[C@H]2CCSc3ccc(F)cc32)c1. The minimum atomic E-state index is -3.65. The smallest absolute Gasteiger partial charge is 0.207 e. The lowest BCUT2D eigenvalue weighted by molar-refractivity contribution is 0.541. The molecule has 0 fully saturated rings. The Balaban J connectivity index is 1.96. The molecule has 0 amide bonds. The molecule has 0 saturated carbocycles. The van der Waals surface area contributed by atoms with Crippen LogP contribution < -0.4 is 4.72 Å². The minimum Gasteiger partial charge on any atom is -0.207 e. The van der Waals surface area contributed by atoms with Crippen LogP contribution in [0.25, 0.3) is 0 Å². The molecule has 2 aromatic rings. The molecule has 6 heteroatoms. The summed E-state index contributed by atoms with van der Waals surface area (Å²) in [4.78, 5) is 1.22. The lowest BCUT2D eigenvalue weighted by Gasteiger charge is -2.26. The van der Waals surface area contributed by atoms with Gasteiger partial charge in [-0.05, 0) is 67.0 Å². The molecule has 0 aromatic heterocycles. The third-order valence-corrected chi connectivity index (χ3v) is 6.68. The standard InChI is InChI=1S/C17H18FNO2S2/c1-11-3-4-12(2)17(9-11)23(20,21)19-15-7-8-22-16-6-5-13(18)10-14(15)16/h3-6,9-10,15,19H,7-8H2,1-2H3/t15-/m0/s1. The van der Waals surface area contributed by atoms with Crippen LogP contribution in [0.15, 0.2) is 46.2 Å². The molecule has 3 rings (SSSR count). The summed E-state index contributed by atoms with van der Waals surface area (Å²) in [5.74, 6) is 0.459. The fourth-order valence-electron chi connectivity index (χ4n) is 2.74. The van der Waals surface area contributed by atoms with Gasteiger partial charge in [0.1, 0.15) is 5.82 Å². The first-order valence-electron chi connectivity index (χ1n) is 7.39. The molecule has 1 aliphatic rings. The van der Waals surface area contributed by atoms with Gasteiger partial charge in [-0.3, -0.25) is 0 Å². The Labute approximate surface area is 140 Å². The summed E-state index contributed by atoms with van der Waals surface area (Å²) in [7, 11) is -3.65. The van der Waals surface area contributed by atoms with Crippen molar-refractivity contribution in [2.45, 2.75) is 36.1 Å². The second-order valence-electron chi connectivity index (χ2n) is 5.76. The van der Waals surface area contributed by atoms with Crippen LogP contribution in [0.3, 0.4) is 0 Å². The number of fused-ring (bicyclic) bond motifs is 1. The topological polar surface area (TPSA) is 46.2 Å². The lowest BCUT2D eigenvalue weighted by Crippen LogP contribution is -2.31. The molecule has 1 aliphatic heterocycles. The number of nitrogens with one attached hydrogen (secondary N) is 1. The Hall–Kier alpha value is -1.37. The molecule has 1 atom stereocenters. The Morgan fingerprint density at radius 3 is 2.74 bits per heavy atom. The van der Waals surface area contributed by atoms with Crippen LogP contribution in [0.4, 0.5) is 4.39 Å². The van der Waals surface area contributed by atoms with Crippen molar-refractivity contribution < 1.29 is 12.8 Å². The van der Waals surface area contributed by atoms with Crippen molar-refractivity contribution in [1.82, 2.24) is 4.72 Å². The van der Waals surface area contributed by atoms with Crippen molar-refractivity contribution in [2.24, 2.45) is 0 Å². The number of benzene rings is 2. The van der Waals surface area contributed by atoms with E-state index in [1.165, 1.54) is 12.1 Å². The fourth-order valence-corrected chi connectivity index (χ4v) is 5.42. The van der Waals surface area contributed by atoms with E-state index in [1.807, 2.05) is 13.0 Å². The highest BCUT2D eigenvalue weighted by atomic mass is 32.2. The van der Waals surface area contributed by atoms with Crippen molar-refractivity contribution in [2.75, 3.05) is 5.75 Å². The third kappa shape index (κ3) is 3.44. The highest BCUT2D eigenvalue weighted by Crippen LogP contribution is 2.37.